The highest BCUT2D eigenvalue weighted by Gasteiger charge is 2.51. The predicted molar refractivity (Wildman–Crippen MR) is 60.8 cm³/mol. The van der Waals surface area contributed by atoms with Gasteiger partial charge in [0.25, 0.3) is 0 Å². The van der Waals surface area contributed by atoms with E-state index in [0.29, 0.717) is 0 Å². The van der Waals surface area contributed by atoms with Crippen molar-refractivity contribution in [2.75, 3.05) is 0 Å². The summed E-state index contributed by atoms with van der Waals surface area (Å²) in [6.45, 7) is 6.51. The number of benzene rings is 1. The van der Waals surface area contributed by atoms with E-state index >= 15 is 0 Å². The minimum atomic E-state index is -4.68. The van der Waals surface area contributed by atoms with Crippen LogP contribution in [0.2, 0.25) is 0 Å². The summed E-state index contributed by atoms with van der Waals surface area (Å²) < 4.78 is 38.1. The highest BCUT2D eigenvalue weighted by Crippen LogP contribution is 2.39. The van der Waals surface area contributed by atoms with E-state index in [1.165, 1.54) is 18.2 Å². The molecule has 0 saturated carbocycles. The Labute approximate surface area is 99.3 Å². The van der Waals surface area contributed by atoms with Gasteiger partial charge in [-0.1, -0.05) is 45.0 Å². The van der Waals surface area contributed by atoms with Crippen molar-refractivity contribution in [2.45, 2.75) is 44.9 Å². The van der Waals surface area contributed by atoms with Crippen LogP contribution >= 0.6 is 0 Å². The number of hydrogen-bond acceptors (Lipinski definition) is 1. The number of alkyl halides is 3. The van der Waals surface area contributed by atoms with Crippen LogP contribution in [0.1, 0.15) is 38.8 Å². The van der Waals surface area contributed by atoms with Gasteiger partial charge in [0.1, 0.15) is 0 Å². The minimum absolute atomic E-state index is 0.127. The first-order chi connectivity index (χ1) is 7.46. The zero-order chi connectivity index (χ0) is 13.5. The molecule has 0 aromatic heterocycles. The molecule has 4 heteroatoms. The molecular weight excluding hydrogens is 229 g/mol. The maximum atomic E-state index is 12.7. The molecule has 1 aromatic rings. The van der Waals surface area contributed by atoms with Gasteiger partial charge in [-0.25, -0.2) is 0 Å². The second kappa shape index (κ2) is 4.02. The molecular formula is C13H17F3O. The third-order valence-corrected chi connectivity index (χ3v) is 2.84. The molecule has 0 radical (unpaired) electrons. The van der Waals surface area contributed by atoms with Gasteiger partial charge >= 0.3 is 6.18 Å². The highest BCUT2D eigenvalue weighted by molar-refractivity contribution is 5.32. The zero-order valence-corrected chi connectivity index (χ0v) is 10.4. The van der Waals surface area contributed by atoms with Crippen molar-refractivity contribution in [1.29, 1.82) is 0 Å². The quantitative estimate of drug-likeness (QED) is 0.800. The molecule has 0 saturated heterocycles. The van der Waals surface area contributed by atoms with E-state index in [1.807, 2.05) is 20.8 Å². The van der Waals surface area contributed by atoms with Crippen molar-refractivity contribution in [1.82, 2.24) is 0 Å². The summed E-state index contributed by atoms with van der Waals surface area (Å²) in [5.41, 5.74) is -2.43. The standard InChI is InChI=1S/C13H17F3O/c1-11(2,3)9-6-5-7-10(8-9)12(4,17)13(14,15)16/h5-8,17H,1-4H3. The average molecular weight is 246 g/mol. The minimum Gasteiger partial charge on any atom is -0.376 e. The van der Waals surface area contributed by atoms with Crippen LogP contribution in [-0.4, -0.2) is 11.3 Å². The molecule has 0 spiro atoms. The smallest absolute Gasteiger partial charge is 0.376 e. The van der Waals surface area contributed by atoms with Crippen LogP contribution in [0.3, 0.4) is 0 Å². The average Bonchev–Trinajstić information content (AvgIpc) is 2.15. The molecule has 17 heavy (non-hydrogen) atoms. The van der Waals surface area contributed by atoms with E-state index in [4.69, 9.17) is 0 Å². The summed E-state index contributed by atoms with van der Waals surface area (Å²) in [5.74, 6) is 0. The fourth-order valence-corrected chi connectivity index (χ4v) is 1.45. The van der Waals surface area contributed by atoms with Gasteiger partial charge in [-0.15, -0.1) is 0 Å². The highest BCUT2D eigenvalue weighted by atomic mass is 19.4. The van der Waals surface area contributed by atoms with Crippen LogP contribution < -0.4 is 0 Å². The first-order valence-corrected chi connectivity index (χ1v) is 5.36. The summed E-state index contributed by atoms with van der Waals surface area (Å²) in [5, 5.41) is 9.59. The Morgan fingerprint density at radius 2 is 1.41 bits per heavy atom. The zero-order valence-electron chi connectivity index (χ0n) is 10.4. The lowest BCUT2D eigenvalue weighted by Crippen LogP contribution is -2.39. The van der Waals surface area contributed by atoms with Crippen molar-refractivity contribution in [2.24, 2.45) is 0 Å². The molecule has 1 aromatic carbocycles. The van der Waals surface area contributed by atoms with E-state index in [9.17, 15) is 18.3 Å². The predicted octanol–water partition coefficient (Wildman–Crippen LogP) is 3.75. The Morgan fingerprint density at radius 1 is 0.941 bits per heavy atom. The lowest BCUT2D eigenvalue weighted by atomic mass is 9.83. The Balaban J connectivity index is 3.26. The lowest BCUT2D eigenvalue weighted by Gasteiger charge is -2.28. The molecule has 0 aliphatic rings. The summed E-state index contributed by atoms with van der Waals surface area (Å²) in [7, 11) is 0. The van der Waals surface area contributed by atoms with Crippen molar-refractivity contribution in [3.05, 3.63) is 35.4 Å². The first kappa shape index (κ1) is 14.0. The van der Waals surface area contributed by atoms with Crippen LogP contribution in [0.5, 0.6) is 0 Å². The Kier molecular flexibility index (Phi) is 3.32. The summed E-state index contributed by atoms with van der Waals surface area (Å²) in [4.78, 5) is 0. The molecule has 1 rings (SSSR count). The van der Waals surface area contributed by atoms with Gasteiger partial charge in [0.15, 0.2) is 5.60 Å². The molecule has 0 amide bonds. The molecule has 0 aliphatic carbocycles. The van der Waals surface area contributed by atoms with Crippen molar-refractivity contribution in [3.8, 4) is 0 Å². The van der Waals surface area contributed by atoms with Gasteiger partial charge in [-0.05, 0) is 23.5 Å². The molecule has 1 N–H and O–H groups in total. The normalized spacial score (nSPS) is 16.7. The summed E-state index contributed by atoms with van der Waals surface area (Å²) in [6.07, 6.45) is -4.68. The summed E-state index contributed by atoms with van der Waals surface area (Å²) in [6, 6.07) is 6.00. The van der Waals surface area contributed by atoms with Crippen LogP contribution in [0, 0.1) is 0 Å². The van der Waals surface area contributed by atoms with Gasteiger partial charge in [-0.3, -0.25) is 0 Å². The van der Waals surface area contributed by atoms with Crippen LogP contribution in [0.4, 0.5) is 13.2 Å². The largest absolute Gasteiger partial charge is 0.421 e. The molecule has 0 heterocycles. The number of rotatable bonds is 1. The Hall–Kier alpha value is -1.03. The van der Waals surface area contributed by atoms with Crippen LogP contribution in [0.25, 0.3) is 0 Å². The number of hydrogen-bond donors (Lipinski definition) is 1. The SMILES string of the molecule is CC(C)(C)c1cccc(C(C)(O)C(F)(F)F)c1. The first-order valence-electron chi connectivity index (χ1n) is 5.36. The maximum absolute atomic E-state index is 12.7. The second-order valence-corrected chi connectivity index (χ2v) is 5.40. The molecule has 1 atom stereocenters. The Bertz CT molecular complexity index is 400. The van der Waals surface area contributed by atoms with Crippen molar-refractivity contribution >= 4 is 0 Å². The van der Waals surface area contributed by atoms with E-state index in [1.54, 1.807) is 6.07 Å². The van der Waals surface area contributed by atoms with E-state index in [2.05, 4.69) is 0 Å². The molecule has 96 valence electrons. The van der Waals surface area contributed by atoms with E-state index in [0.717, 1.165) is 12.5 Å². The van der Waals surface area contributed by atoms with E-state index in [-0.39, 0.29) is 11.0 Å². The van der Waals surface area contributed by atoms with Gasteiger partial charge in [0.05, 0.1) is 0 Å². The molecule has 0 aliphatic heterocycles. The van der Waals surface area contributed by atoms with Crippen LogP contribution in [0.15, 0.2) is 24.3 Å². The van der Waals surface area contributed by atoms with Gasteiger partial charge in [0.2, 0.25) is 0 Å². The second-order valence-electron chi connectivity index (χ2n) is 5.40. The molecule has 1 nitrogen and oxygen atoms in total. The van der Waals surface area contributed by atoms with Gasteiger partial charge in [-0.2, -0.15) is 13.2 Å². The molecule has 0 bridgehead atoms. The third-order valence-electron chi connectivity index (χ3n) is 2.84. The molecule has 1 unspecified atom stereocenters. The monoisotopic (exact) mass is 246 g/mol. The number of aliphatic hydroxyl groups is 1. The summed E-state index contributed by atoms with van der Waals surface area (Å²) >= 11 is 0. The van der Waals surface area contributed by atoms with Gasteiger partial charge in [0, 0.05) is 0 Å². The number of halogens is 3. The van der Waals surface area contributed by atoms with Crippen molar-refractivity contribution < 1.29 is 18.3 Å². The third kappa shape index (κ3) is 2.80. The van der Waals surface area contributed by atoms with E-state index < -0.39 is 11.8 Å². The fourth-order valence-electron chi connectivity index (χ4n) is 1.45. The van der Waals surface area contributed by atoms with Gasteiger partial charge < -0.3 is 5.11 Å². The topological polar surface area (TPSA) is 20.2 Å². The maximum Gasteiger partial charge on any atom is 0.421 e. The fraction of sp³-hybridized carbons (Fsp3) is 0.538. The van der Waals surface area contributed by atoms with Crippen molar-refractivity contribution in [3.63, 3.8) is 0 Å². The van der Waals surface area contributed by atoms with Crippen LogP contribution in [-0.2, 0) is 11.0 Å². The lowest BCUT2D eigenvalue weighted by molar-refractivity contribution is -0.258. The Morgan fingerprint density at radius 3 is 1.82 bits per heavy atom. The molecule has 0 fully saturated rings.